The first-order valence-corrected chi connectivity index (χ1v) is 7.17. The molecule has 0 aliphatic rings. The molecule has 0 rings (SSSR count). The summed E-state index contributed by atoms with van der Waals surface area (Å²) in [5.74, 6) is 0. The van der Waals surface area contributed by atoms with E-state index >= 15 is 0 Å². The molecule has 0 radical (unpaired) electrons. The van der Waals surface area contributed by atoms with Crippen molar-refractivity contribution in [3.05, 3.63) is 0 Å². The maximum atomic E-state index is 11.4. The van der Waals surface area contributed by atoms with Crippen molar-refractivity contribution in [2.45, 2.75) is 85.9 Å². The lowest BCUT2D eigenvalue weighted by molar-refractivity contribution is -0.0277. The first-order chi connectivity index (χ1) is 8.29. The molecule has 0 saturated heterocycles. The molecule has 0 amide bonds. The molecule has 0 N–H and O–H groups in total. The second-order valence-electron chi connectivity index (χ2n) is 5.98. The maximum Gasteiger partial charge on any atom is 0.508 e. The third-order valence-electron chi connectivity index (χ3n) is 3.38. The summed E-state index contributed by atoms with van der Waals surface area (Å²) in [7, 11) is 0. The van der Waals surface area contributed by atoms with Crippen LogP contribution in [0.2, 0.25) is 0 Å². The van der Waals surface area contributed by atoms with Gasteiger partial charge < -0.3 is 9.47 Å². The maximum absolute atomic E-state index is 11.4. The average molecular weight is 258 g/mol. The van der Waals surface area contributed by atoms with Gasteiger partial charge in [-0.15, -0.1) is 0 Å². The summed E-state index contributed by atoms with van der Waals surface area (Å²) < 4.78 is 10.3. The Morgan fingerprint density at radius 3 is 2.17 bits per heavy atom. The fourth-order valence-corrected chi connectivity index (χ4v) is 1.73. The van der Waals surface area contributed by atoms with E-state index in [0.717, 1.165) is 6.42 Å². The molecular formula is C15H30O3. The topological polar surface area (TPSA) is 35.5 Å². The van der Waals surface area contributed by atoms with Crippen molar-refractivity contribution in [3.8, 4) is 0 Å². The smallest absolute Gasteiger partial charge is 0.432 e. The molecular weight excluding hydrogens is 228 g/mol. The third kappa shape index (κ3) is 7.57. The SMILES string of the molecule is CCCCCCC(C)(C)C(C)OC(=O)OC(C)C. The van der Waals surface area contributed by atoms with Crippen LogP contribution in [0.4, 0.5) is 4.79 Å². The monoisotopic (exact) mass is 258 g/mol. The lowest BCUT2D eigenvalue weighted by Gasteiger charge is -2.31. The molecule has 3 heteroatoms. The van der Waals surface area contributed by atoms with E-state index in [9.17, 15) is 4.79 Å². The summed E-state index contributed by atoms with van der Waals surface area (Å²) in [6, 6.07) is 0. The zero-order valence-electron chi connectivity index (χ0n) is 12.9. The summed E-state index contributed by atoms with van der Waals surface area (Å²) in [6.45, 7) is 12.1. The first kappa shape index (κ1) is 17.3. The first-order valence-electron chi connectivity index (χ1n) is 7.17. The molecule has 1 atom stereocenters. The van der Waals surface area contributed by atoms with E-state index in [-0.39, 0.29) is 17.6 Å². The van der Waals surface area contributed by atoms with Crippen molar-refractivity contribution in [3.63, 3.8) is 0 Å². The Hall–Kier alpha value is -0.730. The molecule has 3 nitrogen and oxygen atoms in total. The van der Waals surface area contributed by atoms with Gasteiger partial charge >= 0.3 is 6.16 Å². The molecule has 0 aromatic rings. The van der Waals surface area contributed by atoms with Gasteiger partial charge in [0.2, 0.25) is 0 Å². The Morgan fingerprint density at radius 1 is 1.06 bits per heavy atom. The Kier molecular flexibility index (Phi) is 8.05. The van der Waals surface area contributed by atoms with Crippen LogP contribution in [0.3, 0.4) is 0 Å². The van der Waals surface area contributed by atoms with E-state index in [1.807, 2.05) is 20.8 Å². The fraction of sp³-hybridized carbons (Fsp3) is 0.933. The molecule has 0 bridgehead atoms. The van der Waals surface area contributed by atoms with Crippen LogP contribution in [0.25, 0.3) is 0 Å². The second kappa shape index (κ2) is 8.39. The van der Waals surface area contributed by atoms with E-state index in [1.54, 1.807) is 0 Å². The molecule has 1 unspecified atom stereocenters. The molecule has 0 aliphatic heterocycles. The van der Waals surface area contributed by atoms with Gasteiger partial charge in [-0.05, 0) is 27.2 Å². The number of carbonyl (C=O) groups is 1. The van der Waals surface area contributed by atoms with Gasteiger partial charge in [-0.25, -0.2) is 4.79 Å². The number of hydrogen-bond donors (Lipinski definition) is 0. The minimum atomic E-state index is -0.556. The summed E-state index contributed by atoms with van der Waals surface area (Å²) in [6.07, 6.45) is 5.23. The summed E-state index contributed by atoms with van der Waals surface area (Å²) in [4.78, 5) is 11.4. The lowest BCUT2D eigenvalue weighted by atomic mass is 9.82. The van der Waals surface area contributed by atoms with Gasteiger partial charge in [-0.2, -0.15) is 0 Å². The van der Waals surface area contributed by atoms with Crippen molar-refractivity contribution in [1.82, 2.24) is 0 Å². The van der Waals surface area contributed by atoms with Crippen LogP contribution in [0.1, 0.15) is 73.6 Å². The van der Waals surface area contributed by atoms with Crippen molar-refractivity contribution < 1.29 is 14.3 Å². The number of hydrogen-bond acceptors (Lipinski definition) is 3. The van der Waals surface area contributed by atoms with Crippen LogP contribution in [0.15, 0.2) is 0 Å². The van der Waals surface area contributed by atoms with Crippen molar-refractivity contribution >= 4 is 6.16 Å². The van der Waals surface area contributed by atoms with Gasteiger partial charge in [0.05, 0.1) is 6.10 Å². The van der Waals surface area contributed by atoms with Gasteiger partial charge in [-0.3, -0.25) is 0 Å². The standard InChI is InChI=1S/C15H30O3/c1-7-8-9-10-11-15(5,6)13(4)18-14(16)17-12(2)3/h12-13H,7-11H2,1-6H3. The molecule has 108 valence electrons. The number of unbranched alkanes of at least 4 members (excludes halogenated alkanes) is 3. The minimum absolute atomic E-state index is 0.00371. The molecule has 0 saturated carbocycles. The highest BCUT2D eigenvalue weighted by Crippen LogP contribution is 2.30. The van der Waals surface area contributed by atoms with Crippen LogP contribution in [-0.2, 0) is 9.47 Å². The van der Waals surface area contributed by atoms with E-state index in [4.69, 9.17) is 9.47 Å². The summed E-state index contributed by atoms with van der Waals surface area (Å²) in [5.41, 5.74) is 0.00371. The molecule has 0 aliphatic carbocycles. The van der Waals surface area contributed by atoms with Gasteiger partial charge in [0.15, 0.2) is 0 Å². The van der Waals surface area contributed by atoms with E-state index in [1.165, 1.54) is 25.7 Å². The van der Waals surface area contributed by atoms with Gasteiger partial charge in [0.1, 0.15) is 6.10 Å². The molecule has 0 heterocycles. The fourth-order valence-electron chi connectivity index (χ4n) is 1.73. The highest BCUT2D eigenvalue weighted by Gasteiger charge is 2.29. The molecule has 0 fully saturated rings. The van der Waals surface area contributed by atoms with Crippen molar-refractivity contribution in [2.75, 3.05) is 0 Å². The van der Waals surface area contributed by atoms with E-state index < -0.39 is 6.16 Å². The molecule has 0 aromatic heterocycles. The predicted molar refractivity (Wildman–Crippen MR) is 74.7 cm³/mol. The Labute approximate surface area is 112 Å². The largest absolute Gasteiger partial charge is 0.508 e. The van der Waals surface area contributed by atoms with Gasteiger partial charge in [0, 0.05) is 5.41 Å². The second-order valence-corrected chi connectivity index (χ2v) is 5.98. The third-order valence-corrected chi connectivity index (χ3v) is 3.38. The highest BCUT2D eigenvalue weighted by atomic mass is 16.7. The van der Waals surface area contributed by atoms with Gasteiger partial charge in [0.25, 0.3) is 0 Å². The van der Waals surface area contributed by atoms with Crippen LogP contribution < -0.4 is 0 Å². The zero-order valence-corrected chi connectivity index (χ0v) is 12.9. The Morgan fingerprint density at radius 2 is 1.67 bits per heavy atom. The number of rotatable bonds is 8. The van der Waals surface area contributed by atoms with Crippen molar-refractivity contribution in [1.29, 1.82) is 0 Å². The summed E-state index contributed by atoms with van der Waals surface area (Å²) in [5, 5.41) is 0. The summed E-state index contributed by atoms with van der Waals surface area (Å²) >= 11 is 0. The lowest BCUT2D eigenvalue weighted by Crippen LogP contribution is -2.32. The highest BCUT2D eigenvalue weighted by molar-refractivity contribution is 5.60. The average Bonchev–Trinajstić information content (AvgIpc) is 2.23. The predicted octanol–water partition coefficient (Wildman–Crippen LogP) is 4.93. The van der Waals surface area contributed by atoms with E-state index in [0.29, 0.717) is 0 Å². The zero-order chi connectivity index (χ0) is 14.2. The molecule has 0 aromatic carbocycles. The Balaban J connectivity index is 4.04. The minimum Gasteiger partial charge on any atom is -0.432 e. The van der Waals surface area contributed by atoms with Crippen LogP contribution in [-0.4, -0.2) is 18.4 Å². The van der Waals surface area contributed by atoms with Gasteiger partial charge in [-0.1, -0.05) is 46.5 Å². The van der Waals surface area contributed by atoms with E-state index in [2.05, 4.69) is 20.8 Å². The van der Waals surface area contributed by atoms with Crippen LogP contribution >= 0.6 is 0 Å². The molecule has 0 spiro atoms. The number of ether oxygens (including phenoxy) is 2. The van der Waals surface area contributed by atoms with Crippen molar-refractivity contribution in [2.24, 2.45) is 5.41 Å². The van der Waals surface area contributed by atoms with Crippen LogP contribution in [0.5, 0.6) is 0 Å². The molecule has 18 heavy (non-hydrogen) atoms. The quantitative estimate of drug-likeness (QED) is 0.457. The normalized spacial score (nSPS) is 13.5. The Bertz CT molecular complexity index is 234. The number of carbonyl (C=O) groups excluding carboxylic acids is 1. The van der Waals surface area contributed by atoms with Crippen LogP contribution in [0, 0.1) is 5.41 Å².